The predicted octanol–water partition coefficient (Wildman–Crippen LogP) is 2.93. The van der Waals surface area contributed by atoms with Crippen molar-refractivity contribution in [3.63, 3.8) is 0 Å². The van der Waals surface area contributed by atoms with Gasteiger partial charge in [-0.1, -0.05) is 13.0 Å². The van der Waals surface area contributed by atoms with Crippen molar-refractivity contribution in [3.8, 4) is 5.75 Å². The summed E-state index contributed by atoms with van der Waals surface area (Å²) in [4.78, 5) is 0. The van der Waals surface area contributed by atoms with E-state index in [0.717, 1.165) is 13.0 Å². The van der Waals surface area contributed by atoms with Crippen molar-refractivity contribution in [2.75, 3.05) is 40.6 Å². The maximum Gasteiger partial charge on any atom is 0.131 e. The van der Waals surface area contributed by atoms with E-state index in [1.807, 2.05) is 0 Å². The lowest BCUT2D eigenvalue weighted by molar-refractivity contribution is 0.0656. The maximum atomic E-state index is 14.2. The Bertz CT molecular complexity index is 401. The maximum absolute atomic E-state index is 14.2. The van der Waals surface area contributed by atoms with Crippen LogP contribution in [-0.2, 0) is 9.47 Å². The normalized spacial score (nSPS) is 12.4. The van der Waals surface area contributed by atoms with Crippen LogP contribution in [0, 0.1) is 5.82 Å². The fourth-order valence-corrected chi connectivity index (χ4v) is 2.05. The molecule has 1 atom stereocenters. The summed E-state index contributed by atoms with van der Waals surface area (Å²) in [5, 5.41) is 3.36. The van der Waals surface area contributed by atoms with Crippen LogP contribution in [0.4, 0.5) is 4.39 Å². The summed E-state index contributed by atoms with van der Waals surface area (Å²) in [7, 11) is 3.17. The molecular weight excluding hydrogens is 273 g/mol. The molecule has 120 valence electrons. The molecule has 0 fully saturated rings. The van der Waals surface area contributed by atoms with E-state index in [2.05, 4.69) is 12.2 Å². The molecule has 1 N–H and O–H groups in total. The van der Waals surface area contributed by atoms with Gasteiger partial charge in [0.2, 0.25) is 0 Å². The van der Waals surface area contributed by atoms with Crippen LogP contribution in [0.15, 0.2) is 18.2 Å². The van der Waals surface area contributed by atoms with Gasteiger partial charge < -0.3 is 19.5 Å². The topological polar surface area (TPSA) is 39.7 Å². The third-order valence-electron chi connectivity index (χ3n) is 3.21. The van der Waals surface area contributed by atoms with Gasteiger partial charge in [-0.15, -0.1) is 0 Å². The fourth-order valence-electron chi connectivity index (χ4n) is 2.05. The van der Waals surface area contributed by atoms with Crippen LogP contribution in [0.2, 0.25) is 0 Å². The summed E-state index contributed by atoms with van der Waals surface area (Å²) in [6, 6.07) is 4.92. The minimum atomic E-state index is -0.250. The van der Waals surface area contributed by atoms with Gasteiger partial charge in [0.25, 0.3) is 0 Å². The molecule has 0 bridgehead atoms. The highest BCUT2D eigenvalue weighted by atomic mass is 19.1. The first kappa shape index (κ1) is 17.9. The summed E-state index contributed by atoms with van der Waals surface area (Å²) < 4.78 is 29.6. The zero-order chi connectivity index (χ0) is 15.5. The number of hydrogen-bond donors (Lipinski definition) is 1. The van der Waals surface area contributed by atoms with Crippen LogP contribution in [0.5, 0.6) is 5.75 Å². The number of hydrogen-bond acceptors (Lipinski definition) is 4. The Morgan fingerprint density at radius 1 is 1.19 bits per heavy atom. The van der Waals surface area contributed by atoms with Crippen molar-refractivity contribution in [1.82, 2.24) is 5.32 Å². The van der Waals surface area contributed by atoms with E-state index in [1.54, 1.807) is 19.2 Å². The molecule has 1 aromatic carbocycles. The van der Waals surface area contributed by atoms with Gasteiger partial charge in [0.1, 0.15) is 11.6 Å². The molecule has 1 rings (SSSR count). The molecule has 0 spiro atoms. The Morgan fingerprint density at radius 2 is 2.00 bits per heavy atom. The second-order valence-electron chi connectivity index (χ2n) is 4.79. The summed E-state index contributed by atoms with van der Waals surface area (Å²) in [5.74, 6) is 0.279. The third kappa shape index (κ3) is 6.42. The minimum absolute atomic E-state index is 0.0570. The van der Waals surface area contributed by atoms with Crippen molar-refractivity contribution < 1.29 is 18.6 Å². The van der Waals surface area contributed by atoms with Crippen molar-refractivity contribution in [3.05, 3.63) is 29.6 Å². The number of benzene rings is 1. The molecule has 4 nitrogen and oxygen atoms in total. The molecule has 5 heteroatoms. The Balaban J connectivity index is 2.63. The van der Waals surface area contributed by atoms with Crippen LogP contribution < -0.4 is 10.1 Å². The highest BCUT2D eigenvalue weighted by Gasteiger charge is 2.15. The Hall–Kier alpha value is -1.17. The van der Waals surface area contributed by atoms with Gasteiger partial charge in [-0.2, -0.15) is 0 Å². The molecule has 1 unspecified atom stereocenters. The molecule has 0 aromatic heterocycles. The second-order valence-corrected chi connectivity index (χ2v) is 4.79. The number of ether oxygens (including phenoxy) is 3. The van der Waals surface area contributed by atoms with E-state index in [0.29, 0.717) is 37.6 Å². The lowest BCUT2D eigenvalue weighted by Gasteiger charge is -2.20. The predicted molar refractivity (Wildman–Crippen MR) is 81.3 cm³/mol. The molecule has 21 heavy (non-hydrogen) atoms. The highest BCUT2D eigenvalue weighted by molar-refractivity contribution is 5.30. The van der Waals surface area contributed by atoms with Gasteiger partial charge in [-0.25, -0.2) is 4.39 Å². The van der Waals surface area contributed by atoms with Gasteiger partial charge in [0.05, 0.1) is 20.3 Å². The number of rotatable bonds is 11. The van der Waals surface area contributed by atoms with Gasteiger partial charge in [-0.05, 0) is 25.5 Å². The molecule has 0 heterocycles. The van der Waals surface area contributed by atoms with E-state index in [-0.39, 0.29) is 11.9 Å². The standard InChI is InChI=1S/C16H26FNO3/c1-4-8-18-16(7-9-21-11-10-19-2)14-6-5-13(20-3)12-15(14)17/h5-6,12,16,18H,4,7-11H2,1-3H3. The Kier molecular flexibility index (Phi) is 8.98. The van der Waals surface area contributed by atoms with E-state index >= 15 is 0 Å². The number of nitrogens with one attached hydrogen (secondary N) is 1. The molecule has 0 saturated heterocycles. The summed E-state index contributed by atoms with van der Waals surface area (Å²) >= 11 is 0. The Morgan fingerprint density at radius 3 is 2.62 bits per heavy atom. The molecule has 0 aliphatic heterocycles. The molecule has 0 radical (unpaired) electrons. The first-order valence-corrected chi connectivity index (χ1v) is 7.36. The molecule has 0 amide bonds. The average Bonchev–Trinajstić information content (AvgIpc) is 2.50. The Labute approximate surface area is 126 Å². The number of halogens is 1. The van der Waals surface area contributed by atoms with Gasteiger partial charge in [-0.3, -0.25) is 0 Å². The van der Waals surface area contributed by atoms with E-state index in [1.165, 1.54) is 13.2 Å². The largest absolute Gasteiger partial charge is 0.497 e. The third-order valence-corrected chi connectivity index (χ3v) is 3.21. The number of methoxy groups -OCH3 is 2. The first-order valence-electron chi connectivity index (χ1n) is 7.36. The lowest BCUT2D eigenvalue weighted by atomic mass is 10.0. The monoisotopic (exact) mass is 299 g/mol. The van der Waals surface area contributed by atoms with Crippen LogP contribution in [0.25, 0.3) is 0 Å². The van der Waals surface area contributed by atoms with Crippen LogP contribution >= 0.6 is 0 Å². The highest BCUT2D eigenvalue weighted by Crippen LogP contribution is 2.24. The molecule has 0 aliphatic rings. The summed E-state index contributed by atoms with van der Waals surface area (Å²) in [5.41, 5.74) is 0.652. The fraction of sp³-hybridized carbons (Fsp3) is 0.625. The van der Waals surface area contributed by atoms with Crippen LogP contribution in [-0.4, -0.2) is 40.6 Å². The zero-order valence-electron chi connectivity index (χ0n) is 13.2. The van der Waals surface area contributed by atoms with E-state index < -0.39 is 0 Å². The van der Waals surface area contributed by atoms with E-state index in [4.69, 9.17) is 14.2 Å². The van der Waals surface area contributed by atoms with Crippen molar-refractivity contribution in [2.45, 2.75) is 25.8 Å². The average molecular weight is 299 g/mol. The van der Waals surface area contributed by atoms with Crippen LogP contribution in [0.1, 0.15) is 31.4 Å². The zero-order valence-corrected chi connectivity index (χ0v) is 13.2. The molecular formula is C16H26FNO3. The van der Waals surface area contributed by atoms with E-state index in [9.17, 15) is 4.39 Å². The SMILES string of the molecule is CCCNC(CCOCCOC)c1ccc(OC)cc1F. The summed E-state index contributed by atoms with van der Waals surface area (Å²) in [6.45, 7) is 4.62. The van der Waals surface area contributed by atoms with Crippen molar-refractivity contribution in [2.24, 2.45) is 0 Å². The first-order chi connectivity index (χ1) is 10.2. The lowest BCUT2D eigenvalue weighted by Crippen LogP contribution is -2.24. The van der Waals surface area contributed by atoms with Crippen LogP contribution in [0.3, 0.4) is 0 Å². The minimum Gasteiger partial charge on any atom is -0.497 e. The van der Waals surface area contributed by atoms with Gasteiger partial charge in [0.15, 0.2) is 0 Å². The second kappa shape index (κ2) is 10.5. The quantitative estimate of drug-likeness (QED) is 0.638. The molecule has 1 aromatic rings. The van der Waals surface area contributed by atoms with Gasteiger partial charge >= 0.3 is 0 Å². The molecule has 0 saturated carbocycles. The molecule has 0 aliphatic carbocycles. The smallest absolute Gasteiger partial charge is 0.131 e. The van der Waals surface area contributed by atoms with Crippen molar-refractivity contribution >= 4 is 0 Å². The van der Waals surface area contributed by atoms with Crippen molar-refractivity contribution in [1.29, 1.82) is 0 Å². The van der Waals surface area contributed by atoms with Gasteiger partial charge in [0, 0.05) is 31.4 Å². The summed E-state index contributed by atoms with van der Waals surface area (Å²) in [6.07, 6.45) is 1.71.